The van der Waals surface area contributed by atoms with Crippen molar-refractivity contribution >= 4 is 22.9 Å². The second-order valence-corrected chi connectivity index (χ2v) is 12.3. The lowest BCUT2D eigenvalue weighted by molar-refractivity contribution is -0.0423. The predicted octanol–water partition coefficient (Wildman–Crippen LogP) is -1.48. The van der Waals surface area contributed by atoms with Crippen LogP contribution < -0.4 is 16.1 Å². The van der Waals surface area contributed by atoms with Gasteiger partial charge in [0.1, 0.15) is 18.2 Å². The summed E-state index contributed by atoms with van der Waals surface area (Å²) in [7, 11) is -14.9. The first-order chi connectivity index (χ1) is 13.1. The zero-order chi connectivity index (χ0) is 22.2. The van der Waals surface area contributed by atoms with Gasteiger partial charge in [0.25, 0.3) is 13.1 Å². The SMILES string of the molecule is Cc1cn([C@H]2C[C@H](O)[C@@H](COP(=O)(O)CP(=O)(O)NP(=O)(O)O)O2)c(=O)[nH]c1=O. The van der Waals surface area contributed by atoms with Crippen LogP contribution in [0.25, 0.3) is 0 Å². The lowest BCUT2D eigenvalue weighted by Gasteiger charge is -2.20. The van der Waals surface area contributed by atoms with E-state index in [1.807, 2.05) is 0 Å². The van der Waals surface area contributed by atoms with E-state index >= 15 is 0 Å². The molecule has 0 radical (unpaired) electrons. The predicted molar refractivity (Wildman–Crippen MR) is 96.2 cm³/mol. The van der Waals surface area contributed by atoms with E-state index in [1.54, 1.807) is 0 Å². The highest BCUT2D eigenvalue weighted by Gasteiger charge is 2.40. The molecule has 1 aromatic heterocycles. The van der Waals surface area contributed by atoms with Gasteiger partial charge in [0, 0.05) is 18.2 Å². The Hall–Kier alpha value is -0.950. The van der Waals surface area contributed by atoms with E-state index in [-0.39, 0.29) is 12.0 Å². The Kier molecular flexibility index (Phi) is 7.26. The summed E-state index contributed by atoms with van der Waals surface area (Å²) < 4.78 is 45.4. The molecule has 0 amide bonds. The average Bonchev–Trinajstić information content (AvgIpc) is 2.86. The van der Waals surface area contributed by atoms with Gasteiger partial charge in [-0.15, -0.1) is 4.86 Å². The Bertz CT molecular complexity index is 1010. The first-order valence-corrected chi connectivity index (χ1v) is 13.1. The van der Waals surface area contributed by atoms with Gasteiger partial charge < -0.3 is 33.9 Å². The van der Waals surface area contributed by atoms with Crippen molar-refractivity contribution < 1.29 is 47.6 Å². The molecule has 1 fully saturated rings. The molecular formula is C11H20N3O12P3. The van der Waals surface area contributed by atoms with Crippen molar-refractivity contribution in [3.8, 4) is 0 Å². The number of hydrogen-bond acceptors (Lipinski definition) is 8. The molecule has 0 aromatic carbocycles. The number of aliphatic hydroxyl groups excluding tert-OH is 1. The van der Waals surface area contributed by atoms with Crippen LogP contribution in [-0.4, -0.2) is 58.9 Å². The number of aromatic nitrogens is 2. The van der Waals surface area contributed by atoms with Gasteiger partial charge in [-0.05, 0) is 6.92 Å². The van der Waals surface area contributed by atoms with Crippen LogP contribution in [0.3, 0.4) is 0 Å². The van der Waals surface area contributed by atoms with Crippen molar-refractivity contribution in [1.29, 1.82) is 0 Å². The Morgan fingerprint density at radius 3 is 2.48 bits per heavy atom. The lowest BCUT2D eigenvalue weighted by Crippen LogP contribution is -2.33. The highest BCUT2D eigenvalue weighted by atomic mass is 31.3. The van der Waals surface area contributed by atoms with E-state index < -0.39 is 65.1 Å². The number of aromatic amines is 1. The Labute approximate surface area is 162 Å². The molecule has 1 aliphatic rings. The molecule has 2 heterocycles. The number of aliphatic hydroxyl groups is 1. The Morgan fingerprint density at radius 1 is 1.28 bits per heavy atom. The van der Waals surface area contributed by atoms with E-state index in [0.29, 0.717) is 0 Å². The molecule has 2 unspecified atom stereocenters. The molecular weight excluding hydrogens is 459 g/mol. The highest BCUT2D eigenvalue weighted by Crippen LogP contribution is 2.59. The molecule has 7 N–H and O–H groups in total. The van der Waals surface area contributed by atoms with Crippen LogP contribution >= 0.6 is 22.9 Å². The summed E-state index contributed by atoms with van der Waals surface area (Å²) in [4.78, 5) is 62.7. The van der Waals surface area contributed by atoms with Crippen molar-refractivity contribution in [2.75, 3.05) is 12.5 Å². The third-order valence-electron chi connectivity index (χ3n) is 3.76. The molecule has 1 aliphatic heterocycles. The minimum Gasteiger partial charge on any atom is -0.390 e. The molecule has 2 rings (SSSR count). The van der Waals surface area contributed by atoms with Crippen LogP contribution in [-0.2, 0) is 23.0 Å². The number of hydrogen-bond donors (Lipinski definition) is 7. The van der Waals surface area contributed by atoms with Crippen molar-refractivity contribution in [1.82, 2.24) is 14.4 Å². The summed E-state index contributed by atoms with van der Waals surface area (Å²) in [6, 6.07) is 0. The van der Waals surface area contributed by atoms with Crippen molar-refractivity contribution in [2.24, 2.45) is 0 Å². The third-order valence-corrected chi connectivity index (χ3v) is 9.57. The van der Waals surface area contributed by atoms with E-state index in [2.05, 4.69) is 9.51 Å². The minimum atomic E-state index is -5.15. The van der Waals surface area contributed by atoms with Gasteiger partial charge in [0.05, 0.1) is 12.7 Å². The summed E-state index contributed by atoms with van der Waals surface area (Å²) in [6.07, 6.45) is -2.36. The molecule has 166 valence electrons. The number of rotatable bonds is 8. The number of aryl methyl sites for hydroxylation is 1. The van der Waals surface area contributed by atoms with Gasteiger partial charge in [-0.25, -0.2) is 9.36 Å². The molecule has 1 saturated heterocycles. The zero-order valence-corrected chi connectivity index (χ0v) is 17.5. The Morgan fingerprint density at radius 2 is 1.90 bits per heavy atom. The van der Waals surface area contributed by atoms with Gasteiger partial charge in [-0.3, -0.25) is 23.5 Å². The zero-order valence-electron chi connectivity index (χ0n) is 14.8. The van der Waals surface area contributed by atoms with E-state index in [9.17, 15) is 38.2 Å². The third kappa shape index (κ3) is 7.06. The summed E-state index contributed by atoms with van der Waals surface area (Å²) in [5.74, 6) is -1.50. The molecule has 0 aliphatic carbocycles. The van der Waals surface area contributed by atoms with Crippen LogP contribution in [0.5, 0.6) is 0 Å². The number of ether oxygens (including phenoxy) is 1. The molecule has 15 nitrogen and oxygen atoms in total. The summed E-state index contributed by atoms with van der Waals surface area (Å²) in [5, 5.41) is 10.0. The second-order valence-electron chi connectivity index (χ2n) is 6.33. The van der Waals surface area contributed by atoms with Gasteiger partial charge in [-0.1, -0.05) is 0 Å². The van der Waals surface area contributed by atoms with Crippen LogP contribution in [0.15, 0.2) is 15.8 Å². The number of H-pyrrole nitrogens is 1. The molecule has 29 heavy (non-hydrogen) atoms. The van der Waals surface area contributed by atoms with Crippen molar-refractivity contribution in [2.45, 2.75) is 31.8 Å². The number of nitrogens with zero attached hydrogens (tertiary/aromatic N) is 1. The van der Waals surface area contributed by atoms with E-state index in [4.69, 9.17) is 14.5 Å². The fourth-order valence-electron chi connectivity index (χ4n) is 2.54. The highest BCUT2D eigenvalue weighted by molar-refractivity contribution is 7.77. The van der Waals surface area contributed by atoms with Gasteiger partial charge in [0.2, 0.25) is 0 Å². The molecule has 18 heteroatoms. The number of nitrogens with one attached hydrogen (secondary N) is 2. The van der Waals surface area contributed by atoms with Crippen molar-refractivity contribution in [3.63, 3.8) is 0 Å². The first kappa shape index (κ1) is 24.3. The minimum absolute atomic E-state index is 0.118. The average molecular weight is 479 g/mol. The second kappa shape index (κ2) is 8.66. The molecule has 0 saturated carbocycles. The van der Waals surface area contributed by atoms with E-state index in [1.165, 1.54) is 13.1 Å². The van der Waals surface area contributed by atoms with Crippen molar-refractivity contribution in [3.05, 3.63) is 32.6 Å². The molecule has 1 aromatic rings. The van der Waals surface area contributed by atoms with Crippen LogP contribution in [0.1, 0.15) is 18.2 Å². The first-order valence-electron chi connectivity index (χ1n) is 7.87. The van der Waals surface area contributed by atoms with Gasteiger partial charge >= 0.3 is 21.0 Å². The fourth-order valence-corrected chi connectivity index (χ4v) is 7.64. The molecule has 0 spiro atoms. The fraction of sp³-hybridized carbons (Fsp3) is 0.636. The Balaban J connectivity index is 2.03. The standard InChI is InChI=1S/C11H20N3O12P3/c1-6-3-14(11(17)12-10(6)16)9-2-7(15)8(26-9)4-25-28(20,21)5-27(18,19)13-29(22,23)24/h3,7-9,15H,2,4-5H2,1H3,(H,20,21)(H,12,16,17)(H4,13,18,19,22,23,24)/t7-,8+,9+/m0/s1. The van der Waals surface area contributed by atoms with Gasteiger partial charge in [0.15, 0.2) is 0 Å². The van der Waals surface area contributed by atoms with Crippen LogP contribution in [0.2, 0.25) is 0 Å². The van der Waals surface area contributed by atoms with E-state index in [0.717, 1.165) is 9.42 Å². The maximum atomic E-state index is 11.9. The maximum absolute atomic E-state index is 11.9. The van der Waals surface area contributed by atoms with Crippen LogP contribution in [0, 0.1) is 6.92 Å². The lowest BCUT2D eigenvalue weighted by atomic mass is 10.2. The van der Waals surface area contributed by atoms with Crippen LogP contribution in [0.4, 0.5) is 0 Å². The summed E-state index contributed by atoms with van der Waals surface area (Å²) in [5.41, 5.74) is -1.18. The van der Waals surface area contributed by atoms with Gasteiger partial charge in [-0.2, -0.15) is 0 Å². The summed E-state index contributed by atoms with van der Waals surface area (Å²) >= 11 is 0. The summed E-state index contributed by atoms with van der Waals surface area (Å²) in [6.45, 7) is 0.722. The molecule has 0 bridgehead atoms. The normalized spacial score (nSPS) is 26.8. The topological polar surface area (TPSA) is 238 Å². The smallest absolute Gasteiger partial charge is 0.390 e. The molecule has 5 atom stereocenters. The maximum Gasteiger partial charge on any atom is 0.407 e. The largest absolute Gasteiger partial charge is 0.407 e. The quantitative estimate of drug-likeness (QED) is 0.211. The monoisotopic (exact) mass is 479 g/mol.